The van der Waals surface area contributed by atoms with Gasteiger partial charge in [0, 0.05) is 12.6 Å². The van der Waals surface area contributed by atoms with Crippen LogP contribution in [0.2, 0.25) is 0 Å². The number of nitrogens with zero attached hydrogens (tertiary/aromatic N) is 2. The lowest BCUT2D eigenvalue weighted by Crippen LogP contribution is -2.45. The van der Waals surface area contributed by atoms with Gasteiger partial charge in [-0.1, -0.05) is 13.8 Å². The number of hydrogen-bond acceptors (Lipinski definition) is 2. The van der Waals surface area contributed by atoms with E-state index in [-0.39, 0.29) is 5.92 Å². The van der Waals surface area contributed by atoms with E-state index < -0.39 is 0 Å². The van der Waals surface area contributed by atoms with Crippen LogP contribution in [0.15, 0.2) is 0 Å². The van der Waals surface area contributed by atoms with Gasteiger partial charge in [-0.05, 0) is 56.9 Å². The van der Waals surface area contributed by atoms with E-state index >= 15 is 0 Å². The molecule has 96 valence electrons. The van der Waals surface area contributed by atoms with Gasteiger partial charge in [-0.2, -0.15) is 5.26 Å². The van der Waals surface area contributed by atoms with Crippen molar-refractivity contribution in [1.29, 1.82) is 5.26 Å². The van der Waals surface area contributed by atoms with Crippen molar-refractivity contribution in [2.75, 3.05) is 13.1 Å². The van der Waals surface area contributed by atoms with Gasteiger partial charge in [0.05, 0.1) is 12.0 Å². The van der Waals surface area contributed by atoms with E-state index in [1.165, 1.54) is 45.2 Å². The van der Waals surface area contributed by atoms with Gasteiger partial charge in [0.2, 0.25) is 0 Å². The quantitative estimate of drug-likeness (QED) is 0.728. The summed E-state index contributed by atoms with van der Waals surface area (Å²) in [5.74, 6) is 2.04. The Morgan fingerprint density at radius 2 is 2.00 bits per heavy atom. The molecule has 0 bridgehead atoms. The van der Waals surface area contributed by atoms with Crippen LogP contribution >= 0.6 is 0 Å². The second-order valence-corrected chi connectivity index (χ2v) is 6.16. The maximum Gasteiger partial charge on any atom is 0.0672 e. The summed E-state index contributed by atoms with van der Waals surface area (Å²) in [6.07, 6.45) is 7.66. The largest absolute Gasteiger partial charge is 0.299 e. The average molecular weight is 234 g/mol. The molecule has 3 unspecified atom stereocenters. The zero-order chi connectivity index (χ0) is 12.3. The Morgan fingerprint density at radius 1 is 1.24 bits per heavy atom. The van der Waals surface area contributed by atoms with E-state index in [9.17, 15) is 5.26 Å². The lowest BCUT2D eigenvalue weighted by molar-refractivity contribution is 0.100. The molecule has 0 spiro atoms. The number of rotatable bonds is 5. The Labute approximate surface area is 106 Å². The van der Waals surface area contributed by atoms with Crippen LogP contribution in [-0.2, 0) is 0 Å². The summed E-state index contributed by atoms with van der Waals surface area (Å²) < 4.78 is 0. The van der Waals surface area contributed by atoms with Gasteiger partial charge in [-0.15, -0.1) is 0 Å². The standard InChI is InChI=1S/C15H26N2/c1-3-8-17(11-13-5-6-13)15-9-12(2)4-7-14(15)10-16/h12-15H,3-9,11H2,1-2H3. The Kier molecular flexibility index (Phi) is 4.45. The minimum atomic E-state index is 0.288. The third kappa shape index (κ3) is 3.45. The van der Waals surface area contributed by atoms with E-state index in [0.29, 0.717) is 6.04 Å². The Balaban J connectivity index is 1.99. The van der Waals surface area contributed by atoms with Crippen molar-refractivity contribution in [3.63, 3.8) is 0 Å². The highest BCUT2D eigenvalue weighted by Gasteiger charge is 2.35. The van der Waals surface area contributed by atoms with Crippen LogP contribution in [0, 0.1) is 29.1 Å². The second-order valence-electron chi connectivity index (χ2n) is 6.16. The first-order valence-electron chi connectivity index (χ1n) is 7.38. The van der Waals surface area contributed by atoms with Crippen LogP contribution in [0.5, 0.6) is 0 Å². The van der Waals surface area contributed by atoms with Crippen molar-refractivity contribution < 1.29 is 0 Å². The first kappa shape index (κ1) is 12.9. The number of hydrogen-bond donors (Lipinski definition) is 0. The van der Waals surface area contributed by atoms with Crippen LogP contribution in [0.4, 0.5) is 0 Å². The van der Waals surface area contributed by atoms with Crippen molar-refractivity contribution in [3.05, 3.63) is 0 Å². The van der Waals surface area contributed by atoms with Gasteiger partial charge in [-0.3, -0.25) is 4.90 Å². The minimum Gasteiger partial charge on any atom is -0.299 e. The molecule has 17 heavy (non-hydrogen) atoms. The molecular formula is C15H26N2. The monoisotopic (exact) mass is 234 g/mol. The van der Waals surface area contributed by atoms with E-state index in [2.05, 4.69) is 24.8 Å². The molecule has 2 rings (SSSR count). The molecule has 2 fully saturated rings. The molecule has 3 atom stereocenters. The smallest absolute Gasteiger partial charge is 0.0672 e. The van der Waals surface area contributed by atoms with Gasteiger partial charge in [0.15, 0.2) is 0 Å². The Morgan fingerprint density at radius 3 is 2.59 bits per heavy atom. The van der Waals surface area contributed by atoms with Crippen molar-refractivity contribution in [2.24, 2.45) is 17.8 Å². The maximum atomic E-state index is 9.34. The third-order valence-electron chi connectivity index (χ3n) is 4.41. The zero-order valence-electron chi connectivity index (χ0n) is 11.4. The lowest BCUT2D eigenvalue weighted by Gasteiger charge is -2.39. The zero-order valence-corrected chi connectivity index (χ0v) is 11.4. The van der Waals surface area contributed by atoms with Gasteiger partial charge in [-0.25, -0.2) is 0 Å². The highest BCUT2D eigenvalue weighted by Crippen LogP contribution is 2.36. The van der Waals surface area contributed by atoms with Crippen molar-refractivity contribution in [3.8, 4) is 6.07 Å². The third-order valence-corrected chi connectivity index (χ3v) is 4.41. The molecule has 2 aliphatic rings. The fraction of sp³-hybridized carbons (Fsp3) is 0.933. The van der Waals surface area contributed by atoms with Crippen molar-refractivity contribution in [2.45, 2.75) is 58.4 Å². The molecule has 0 saturated heterocycles. The van der Waals surface area contributed by atoms with Gasteiger partial charge >= 0.3 is 0 Å². The van der Waals surface area contributed by atoms with Crippen LogP contribution < -0.4 is 0 Å². The van der Waals surface area contributed by atoms with Crippen LogP contribution in [-0.4, -0.2) is 24.0 Å². The summed E-state index contributed by atoms with van der Waals surface area (Å²) in [6.45, 7) is 7.05. The molecule has 0 heterocycles. The average Bonchev–Trinajstić information content (AvgIpc) is 3.12. The van der Waals surface area contributed by atoms with Crippen molar-refractivity contribution in [1.82, 2.24) is 4.90 Å². The SMILES string of the molecule is CCCN(CC1CC1)C1CC(C)CCC1C#N. The van der Waals surface area contributed by atoms with Crippen LogP contribution in [0.1, 0.15) is 52.4 Å². The summed E-state index contributed by atoms with van der Waals surface area (Å²) in [5.41, 5.74) is 0. The minimum absolute atomic E-state index is 0.288. The van der Waals surface area contributed by atoms with Gasteiger partial charge < -0.3 is 0 Å². The first-order valence-corrected chi connectivity index (χ1v) is 7.38. The molecule has 0 radical (unpaired) electrons. The fourth-order valence-electron chi connectivity index (χ4n) is 3.22. The van der Waals surface area contributed by atoms with Crippen LogP contribution in [0.25, 0.3) is 0 Å². The van der Waals surface area contributed by atoms with Crippen molar-refractivity contribution >= 4 is 0 Å². The summed E-state index contributed by atoms with van der Waals surface area (Å²) in [7, 11) is 0. The second kappa shape index (κ2) is 5.87. The summed E-state index contributed by atoms with van der Waals surface area (Å²) in [6, 6.07) is 3.11. The van der Waals surface area contributed by atoms with E-state index in [4.69, 9.17) is 0 Å². The summed E-state index contributed by atoms with van der Waals surface area (Å²) in [4.78, 5) is 2.64. The Bertz CT molecular complexity index is 277. The molecule has 2 nitrogen and oxygen atoms in total. The fourth-order valence-corrected chi connectivity index (χ4v) is 3.22. The van der Waals surface area contributed by atoms with E-state index in [1.54, 1.807) is 0 Å². The van der Waals surface area contributed by atoms with Gasteiger partial charge in [0.1, 0.15) is 0 Å². The summed E-state index contributed by atoms with van der Waals surface area (Å²) >= 11 is 0. The predicted molar refractivity (Wildman–Crippen MR) is 70.5 cm³/mol. The molecule has 0 aliphatic heterocycles. The molecular weight excluding hydrogens is 208 g/mol. The highest BCUT2D eigenvalue weighted by atomic mass is 15.2. The van der Waals surface area contributed by atoms with Gasteiger partial charge in [0.25, 0.3) is 0 Å². The molecule has 2 aliphatic carbocycles. The molecule has 0 aromatic rings. The normalized spacial score (nSPS) is 33.6. The van der Waals surface area contributed by atoms with E-state index in [0.717, 1.165) is 18.3 Å². The molecule has 0 aromatic heterocycles. The molecule has 2 heteroatoms. The summed E-state index contributed by atoms with van der Waals surface area (Å²) in [5, 5.41) is 9.34. The molecule has 0 aromatic carbocycles. The molecule has 0 N–H and O–H groups in total. The first-order chi connectivity index (χ1) is 8.24. The van der Waals surface area contributed by atoms with Crippen LogP contribution in [0.3, 0.4) is 0 Å². The molecule has 2 saturated carbocycles. The van der Waals surface area contributed by atoms with E-state index in [1.807, 2.05) is 0 Å². The number of nitriles is 1. The molecule has 0 amide bonds. The Hall–Kier alpha value is -0.550. The highest BCUT2D eigenvalue weighted by molar-refractivity contribution is 4.98. The topological polar surface area (TPSA) is 27.0 Å². The maximum absolute atomic E-state index is 9.34. The lowest BCUT2D eigenvalue weighted by atomic mass is 9.79. The predicted octanol–water partition coefficient (Wildman–Crippen LogP) is 3.44.